The average Bonchev–Trinajstić information content (AvgIpc) is 1.76. The van der Waals surface area contributed by atoms with Crippen molar-refractivity contribution in [3.8, 4) is 0 Å². The molecule has 0 amide bonds. The minimum atomic E-state index is -1.84. The quantitative estimate of drug-likeness (QED) is 0.505. The summed E-state index contributed by atoms with van der Waals surface area (Å²) in [5.41, 5.74) is 7.31. The van der Waals surface area contributed by atoms with Gasteiger partial charge in [0, 0.05) is 0 Å². The second kappa shape index (κ2) is 4.32. The van der Waals surface area contributed by atoms with E-state index in [9.17, 15) is 0 Å². The second-order valence-electron chi connectivity index (χ2n) is 4.70. The van der Waals surface area contributed by atoms with Crippen LogP contribution in [-0.4, -0.2) is 10.6 Å². The maximum absolute atomic E-state index is 3.91. The van der Waals surface area contributed by atoms with Gasteiger partial charge in [-0.1, -0.05) is 0 Å². The molecule has 0 aliphatic carbocycles. The van der Waals surface area contributed by atoms with Crippen molar-refractivity contribution >= 4 is 24.5 Å². The van der Waals surface area contributed by atoms with Gasteiger partial charge >= 0.3 is 79.5 Å². The Kier molecular flexibility index (Phi) is 4.73. The van der Waals surface area contributed by atoms with E-state index in [1.54, 1.807) is 0 Å². The summed E-state index contributed by atoms with van der Waals surface area (Å²) in [5, 5.41) is 1.44. The van der Waals surface area contributed by atoms with Gasteiger partial charge in [0.2, 0.25) is 0 Å². The molecule has 2 heteroatoms. The Bertz CT molecular complexity index is 103. The van der Waals surface area contributed by atoms with Gasteiger partial charge in [-0.15, -0.1) is 0 Å². The molecule has 0 nitrogen and oxygen atoms in total. The van der Waals surface area contributed by atoms with E-state index >= 15 is 0 Å². The van der Waals surface area contributed by atoms with Crippen molar-refractivity contribution in [3.63, 3.8) is 0 Å². The first kappa shape index (κ1) is 12.0. The van der Waals surface area contributed by atoms with Crippen LogP contribution in [-0.2, 0) is 0 Å². The van der Waals surface area contributed by atoms with E-state index in [0.29, 0.717) is 0 Å². The molecule has 0 unspecified atom stereocenters. The van der Waals surface area contributed by atoms with E-state index in [1.165, 1.54) is 30.9 Å². The van der Waals surface area contributed by atoms with Crippen LogP contribution in [0.3, 0.4) is 0 Å². The third kappa shape index (κ3) is 11.0. The Morgan fingerprint density at radius 2 is 1.55 bits per heavy atom. The molecule has 0 saturated heterocycles. The number of hydrogen-bond acceptors (Lipinski definition) is 0. The van der Waals surface area contributed by atoms with E-state index in [2.05, 4.69) is 38.0 Å². The number of halogens is 1. The minimum absolute atomic E-state index is 1.35. The zero-order chi connectivity index (χ0) is 8.98. The first-order chi connectivity index (χ1) is 4.81. The third-order valence-electron chi connectivity index (χ3n) is 1.77. The molecule has 0 bridgehead atoms. The van der Waals surface area contributed by atoms with Crippen LogP contribution >= 0.6 is 13.9 Å². The number of hydrogen-bond donors (Lipinski definition) is 0. The van der Waals surface area contributed by atoms with Gasteiger partial charge in [-0.2, -0.15) is 0 Å². The van der Waals surface area contributed by atoms with Gasteiger partial charge in [-0.25, -0.2) is 0 Å². The van der Waals surface area contributed by atoms with Crippen molar-refractivity contribution in [2.24, 2.45) is 0 Å². The Hall–Kier alpha value is 1.04. The number of rotatable bonds is 5. The Morgan fingerprint density at radius 3 is 1.91 bits per heavy atom. The fourth-order valence-electron chi connectivity index (χ4n) is 1.07. The van der Waals surface area contributed by atoms with Gasteiger partial charge in [0.1, 0.15) is 0 Å². The van der Waals surface area contributed by atoms with E-state index < -0.39 is 10.6 Å². The molecule has 0 spiro atoms. The standard InChI is InChI=1S/C9H22AsBr/c1-5-6-7-8-9-10(2,3,4)11/h5-9H2,1-4H3. The van der Waals surface area contributed by atoms with E-state index in [1.807, 2.05) is 0 Å². The molecule has 0 saturated carbocycles. The van der Waals surface area contributed by atoms with Gasteiger partial charge in [0.25, 0.3) is 0 Å². The topological polar surface area (TPSA) is 0 Å². The van der Waals surface area contributed by atoms with Crippen molar-refractivity contribution in [2.75, 3.05) is 0 Å². The zero-order valence-corrected chi connectivity index (χ0v) is 11.8. The van der Waals surface area contributed by atoms with Crippen LogP contribution in [0, 0.1) is 0 Å². The van der Waals surface area contributed by atoms with E-state index in [-0.39, 0.29) is 0 Å². The van der Waals surface area contributed by atoms with Gasteiger partial charge in [0.05, 0.1) is 0 Å². The second-order valence-corrected chi connectivity index (χ2v) is 31.5. The summed E-state index contributed by atoms with van der Waals surface area (Å²) in [7, 11) is -1.84. The summed E-state index contributed by atoms with van der Waals surface area (Å²) in [4.78, 5) is 0. The van der Waals surface area contributed by atoms with Crippen LogP contribution in [0.2, 0.25) is 22.3 Å². The van der Waals surface area contributed by atoms with Crippen LogP contribution in [0.4, 0.5) is 0 Å². The Morgan fingerprint density at radius 1 is 1.00 bits per heavy atom. The van der Waals surface area contributed by atoms with Gasteiger partial charge in [-0.05, 0) is 0 Å². The van der Waals surface area contributed by atoms with Crippen LogP contribution in [0.5, 0.6) is 0 Å². The maximum atomic E-state index is 3.91. The SMILES string of the molecule is CCCCCC[As](C)(C)(C)Br. The summed E-state index contributed by atoms with van der Waals surface area (Å²) in [6.45, 7) is 2.27. The van der Waals surface area contributed by atoms with Crippen LogP contribution in [0.15, 0.2) is 0 Å². The Labute approximate surface area is 79.3 Å². The molecule has 70 valence electrons. The molecule has 0 fully saturated rings. The molecule has 0 aliphatic heterocycles. The molecule has 0 heterocycles. The van der Waals surface area contributed by atoms with Gasteiger partial charge in [0.15, 0.2) is 0 Å². The number of unbranched alkanes of at least 4 members (excludes halogenated alkanes) is 3. The summed E-state index contributed by atoms with van der Waals surface area (Å²) in [5.74, 6) is 0. The van der Waals surface area contributed by atoms with Crippen molar-refractivity contribution in [3.05, 3.63) is 0 Å². The summed E-state index contributed by atoms with van der Waals surface area (Å²) >= 11 is 3.91. The molecule has 0 radical (unpaired) electrons. The molecule has 0 N–H and O–H groups in total. The predicted molar refractivity (Wildman–Crippen MR) is 61.2 cm³/mol. The summed E-state index contributed by atoms with van der Waals surface area (Å²) < 4.78 is 0. The predicted octanol–water partition coefficient (Wildman–Crippen LogP) is 4.75. The fraction of sp³-hybridized carbons (Fsp3) is 1.00. The normalized spacial score (nSPS) is 15.9. The zero-order valence-electron chi connectivity index (χ0n) is 8.36. The fourth-order valence-corrected chi connectivity index (χ4v) is 5.09. The third-order valence-corrected chi connectivity index (χ3v) is 7.44. The van der Waals surface area contributed by atoms with Crippen molar-refractivity contribution < 1.29 is 0 Å². The molecule has 0 aromatic carbocycles. The molecule has 0 aromatic heterocycles. The van der Waals surface area contributed by atoms with Crippen LogP contribution in [0.1, 0.15) is 32.6 Å². The molecule has 11 heavy (non-hydrogen) atoms. The van der Waals surface area contributed by atoms with Crippen molar-refractivity contribution in [2.45, 2.75) is 55.0 Å². The first-order valence-electron chi connectivity index (χ1n) is 4.53. The molecule has 0 aliphatic rings. The molecule has 0 atom stereocenters. The summed E-state index contributed by atoms with van der Waals surface area (Å²) in [6, 6.07) is 0. The average molecular weight is 285 g/mol. The van der Waals surface area contributed by atoms with Crippen LogP contribution in [0.25, 0.3) is 0 Å². The monoisotopic (exact) mass is 284 g/mol. The van der Waals surface area contributed by atoms with Gasteiger partial charge < -0.3 is 0 Å². The summed E-state index contributed by atoms with van der Waals surface area (Å²) in [6.07, 6.45) is 5.61. The first-order valence-corrected chi connectivity index (χ1v) is 15.9. The molecular formula is C9H22AsBr. The molecule has 0 rings (SSSR count). The van der Waals surface area contributed by atoms with E-state index in [0.717, 1.165) is 0 Å². The van der Waals surface area contributed by atoms with Crippen LogP contribution < -0.4 is 0 Å². The molecule has 0 aromatic rings. The van der Waals surface area contributed by atoms with Gasteiger partial charge in [-0.3, -0.25) is 0 Å². The molecular weight excluding hydrogens is 263 g/mol. The Balaban J connectivity index is 3.40. The van der Waals surface area contributed by atoms with E-state index in [4.69, 9.17) is 0 Å². The van der Waals surface area contributed by atoms with Crippen molar-refractivity contribution in [1.29, 1.82) is 0 Å². The van der Waals surface area contributed by atoms with Crippen molar-refractivity contribution in [1.82, 2.24) is 0 Å².